The fraction of sp³-hybridized carbons (Fsp3) is 0.333. The first kappa shape index (κ1) is 16.9. The van der Waals surface area contributed by atoms with Gasteiger partial charge in [0, 0.05) is 58.1 Å². The molecule has 5 heteroatoms. The standard InChI is InChI=1S/C18H18Cl3N2/c19-13-10-17(20)16(18(21)11-13)12-22-14-6-8-23(9-7-14)15-4-2-1-3-5-15/h1-4,10-11,14,22H,6-9,12H2. The van der Waals surface area contributed by atoms with Crippen molar-refractivity contribution in [1.82, 2.24) is 5.32 Å². The summed E-state index contributed by atoms with van der Waals surface area (Å²) in [6.45, 7) is 2.72. The van der Waals surface area contributed by atoms with Crippen molar-refractivity contribution >= 4 is 40.5 Å². The monoisotopic (exact) mass is 367 g/mol. The van der Waals surface area contributed by atoms with Crippen molar-refractivity contribution in [3.8, 4) is 0 Å². The van der Waals surface area contributed by atoms with E-state index in [0.717, 1.165) is 31.5 Å². The van der Waals surface area contributed by atoms with Crippen molar-refractivity contribution in [1.29, 1.82) is 0 Å². The van der Waals surface area contributed by atoms with E-state index in [9.17, 15) is 0 Å². The lowest BCUT2D eigenvalue weighted by Gasteiger charge is -2.34. The molecule has 0 unspecified atom stereocenters. The van der Waals surface area contributed by atoms with Crippen LogP contribution in [0, 0.1) is 6.07 Å². The minimum atomic E-state index is 0.470. The van der Waals surface area contributed by atoms with Gasteiger partial charge in [0.2, 0.25) is 0 Å². The summed E-state index contributed by atoms with van der Waals surface area (Å²) in [6.07, 6.45) is 2.18. The Morgan fingerprint density at radius 3 is 2.39 bits per heavy atom. The van der Waals surface area contributed by atoms with Crippen LogP contribution in [0.1, 0.15) is 18.4 Å². The van der Waals surface area contributed by atoms with Crippen LogP contribution >= 0.6 is 34.8 Å². The van der Waals surface area contributed by atoms with E-state index in [2.05, 4.69) is 28.4 Å². The van der Waals surface area contributed by atoms with E-state index in [-0.39, 0.29) is 0 Å². The number of hydrogen-bond acceptors (Lipinski definition) is 2. The summed E-state index contributed by atoms with van der Waals surface area (Å²) in [5.41, 5.74) is 2.09. The topological polar surface area (TPSA) is 15.3 Å². The van der Waals surface area contributed by atoms with Crippen molar-refractivity contribution in [2.24, 2.45) is 0 Å². The SMILES string of the molecule is Clc1cc(Cl)c(CNC2CCN(c3[c]cccc3)CC2)c(Cl)c1. The Labute approximate surface area is 152 Å². The molecule has 2 aromatic carbocycles. The van der Waals surface area contributed by atoms with Crippen LogP contribution in [0.5, 0.6) is 0 Å². The van der Waals surface area contributed by atoms with Gasteiger partial charge in [-0.15, -0.1) is 0 Å². The molecule has 1 N–H and O–H groups in total. The number of nitrogens with zero attached hydrogens (tertiary/aromatic N) is 1. The lowest BCUT2D eigenvalue weighted by molar-refractivity contribution is 0.414. The number of piperidine rings is 1. The maximum atomic E-state index is 6.23. The zero-order valence-electron chi connectivity index (χ0n) is 12.7. The molecule has 1 aliphatic rings. The Morgan fingerprint density at radius 1 is 1.09 bits per heavy atom. The Kier molecular flexibility index (Phi) is 5.71. The van der Waals surface area contributed by atoms with E-state index in [1.165, 1.54) is 5.69 Å². The van der Waals surface area contributed by atoms with Gasteiger partial charge in [-0.2, -0.15) is 0 Å². The molecule has 1 aliphatic heterocycles. The van der Waals surface area contributed by atoms with E-state index < -0.39 is 0 Å². The number of anilines is 1. The smallest absolute Gasteiger partial charge is 0.0480 e. The van der Waals surface area contributed by atoms with Crippen molar-refractivity contribution in [2.45, 2.75) is 25.4 Å². The van der Waals surface area contributed by atoms with Gasteiger partial charge in [0.05, 0.1) is 0 Å². The van der Waals surface area contributed by atoms with Crippen LogP contribution in [-0.2, 0) is 6.54 Å². The van der Waals surface area contributed by atoms with Crippen LogP contribution in [0.2, 0.25) is 15.1 Å². The number of rotatable bonds is 4. The molecule has 0 aromatic heterocycles. The summed E-state index contributed by atoms with van der Waals surface area (Å²) in [7, 11) is 0. The van der Waals surface area contributed by atoms with Gasteiger partial charge in [0.1, 0.15) is 0 Å². The highest BCUT2D eigenvalue weighted by atomic mass is 35.5. The van der Waals surface area contributed by atoms with Crippen molar-refractivity contribution < 1.29 is 0 Å². The molecule has 2 aromatic rings. The first-order valence-electron chi connectivity index (χ1n) is 7.72. The molecule has 0 spiro atoms. The molecule has 3 rings (SSSR count). The van der Waals surface area contributed by atoms with Crippen LogP contribution in [0.4, 0.5) is 5.69 Å². The van der Waals surface area contributed by atoms with Gasteiger partial charge in [-0.3, -0.25) is 0 Å². The summed E-state index contributed by atoms with van der Waals surface area (Å²) in [5, 5.41) is 5.36. The molecule has 23 heavy (non-hydrogen) atoms. The van der Waals surface area contributed by atoms with Crippen molar-refractivity contribution in [3.63, 3.8) is 0 Å². The molecular weight excluding hydrogens is 351 g/mol. The summed E-state index contributed by atoms with van der Waals surface area (Å²) >= 11 is 18.4. The predicted octanol–water partition coefficient (Wildman–Crippen LogP) is 5.21. The summed E-state index contributed by atoms with van der Waals surface area (Å²) in [4.78, 5) is 2.38. The van der Waals surface area contributed by atoms with E-state index in [4.69, 9.17) is 34.8 Å². The van der Waals surface area contributed by atoms with Crippen LogP contribution in [-0.4, -0.2) is 19.1 Å². The minimum Gasteiger partial charge on any atom is -0.371 e. The van der Waals surface area contributed by atoms with E-state index in [0.29, 0.717) is 27.7 Å². The van der Waals surface area contributed by atoms with Gasteiger partial charge in [-0.05, 0) is 31.0 Å². The normalized spacial score (nSPS) is 15.9. The molecule has 2 nitrogen and oxygen atoms in total. The molecular formula is C18H18Cl3N2. The summed E-state index contributed by atoms with van der Waals surface area (Å²) < 4.78 is 0. The Bertz CT molecular complexity index is 630. The second-order valence-corrected chi connectivity index (χ2v) is 6.99. The highest BCUT2D eigenvalue weighted by Crippen LogP contribution is 2.29. The Hall–Kier alpha value is -0.930. The van der Waals surface area contributed by atoms with E-state index >= 15 is 0 Å². The minimum absolute atomic E-state index is 0.470. The van der Waals surface area contributed by atoms with Crippen LogP contribution in [0.25, 0.3) is 0 Å². The van der Waals surface area contributed by atoms with Gasteiger partial charge in [-0.1, -0.05) is 53.0 Å². The molecule has 1 saturated heterocycles. The number of hydrogen-bond donors (Lipinski definition) is 1. The zero-order valence-corrected chi connectivity index (χ0v) is 14.9. The third kappa shape index (κ3) is 4.33. The first-order chi connectivity index (χ1) is 11.1. The molecule has 0 bridgehead atoms. The Morgan fingerprint density at radius 2 is 1.78 bits per heavy atom. The number of halogens is 3. The zero-order chi connectivity index (χ0) is 16.2. The Balaban J connectivity index is 1.54. The highest BCUT2D eigenvalue weighted by molar-refractivity contribution is 6.39. The maximum Gasteiger partial charge on any atom is 0.0480 e. The predicted molar refractivity (Wildman–Crippen MR) is 98.8 cm³/mol. The fourth-order valence-corrected chi connectivity index (χ4v) is 3.84. The van der Waals surface area contributed by atoms with Gasteiger partial charge in [-0.25, -0.2) is 0 Å². The third-order valence-electron chi connectivity index (χ3n) is 4.20. The largest absolute Gasteiger partial charge is 0.371 e. The molecule has 0 amide bonds. The lowest BCUT2D eigenvalue weighted by Crippen LogP contribution is -2.42. The van der Waals surface area contributed by atoms with Crippen LogP contribution in [0.15, 0.2) is 36.4 Å². The van der Waals surface area contributed by atoms with Crippen LogP contribution in [0.3, 0.4) is 0 Å². The molecule has 1 radical (unpaired) electrons. The van der Waals surface area contributed by atoms with Gasteiger partial charge in [0.25, 0.3) is 0 Å². The third-order valence-corrected chi connectivity index (χ3v) is 5.09. The first-order valence-corrected chi connectivity index (χ1v) is 8.85. The molecule has 0 aliphatic carbocycles. The molecule has 121 valence electrons. The molecule has 0 saturated carbocycles. The summed E-state index contributed by atoms with van der Waals surface area (Å²) in [5.74, 6) is 0. The van der Waals surface area contributed by atoms with Crippen LogP contribution < -0.4 is 10.2 Å². The second kappa shape index (κ2) is 7.76. The molecule has 0 atom stereocenters. The van der Waals surface area contributed by atoms with Crippen molar-refractivity contribution in [2.75, 3.05) is 18.0 Å². The lowest BCUT2D eigenvalue weighted by atomic mass is 10.0. The van der Waals surface area contributed by atoms with E-state index in [1.54, 1.807) is 12.1 Å². The summed E-state index contributed by atoms with van der Waals surface area (Å²) in [6, 6.07) is 15.4. The second-order valence-electron chi connectivity index (χ2n) is 5.74. The number of nitrogens with one attached hydrogen (secondary N) is 1. The fourth-order valence-electron chi connectivity index (χ4n) is 2.89. The van der Waals surface area contributed by atoms with Gasteiger partial charge in [0.15, 0.2) is 0 Å². The molecule has 1 heterocycles. The quantitative estimate of drug-likeness (QED) is 0.797. The molecule has 1 fully saturated rings. The number of benzene rings is 2. The maximum absolute atomic E-state index is 6.23. The average Bonchev–Trinajstić information content (AvgIpc) is 2.55. The highest BCUT2D eigenvalue weighted by Gasteiger charge is 2.19. The average molecular weight is 369 g/mol. The van der Waals surface area contributed by atoms with Crippen molar-refractivity contribution in [3.05, 3.63) is 63.1 Å². The van der Waals surface area contributed by atoms with E-state index in [1.807, 2.05) is 12.1 Å². The number of para-hydroxylation sites is 1. The van der Waals surface area contributed by atoms with Gasteiger partial charge >= 0.3 is 0 Å². The van der Waals surface area contributed by atoms with Gasteiger partial charge < -0.3 is 10.2 Å².